The average Bonchev–Trinajstić information content (AvgIpc) is 2.26. The molecular weight excluding hydrogens is 250 g/mol. The van der Waals surface area contributed by atoms with E-state index in [2.05, 4.69) is 36.1 Å². The molecule has 0 amide bonds. The van der Waals surface area contributed by atoms with Gasteiger partial charge in [-0.15, -0.1) is 11.6 Å². The highest BCUT2D eigenvalue weighted by molar-refractivity contribution is 6.17. The van der Waals surface area contributed by atoms with Crippen molar-refractivity contribution in [1.29, 1.82) is 0 Å². The molecule has 1 aromatic rings. The number of methoxy groups -OCH3 is 1. The van der Waals surface area contributed by atoms with Crippen molar-refractivity contribution < 1.29 is 4.74 Å². The van der Waals surface area contributed by atoms with E-state index < -0.39 is 0 Å². The number of hydrogen-bond donors (Lipinski definition) is 1. The van der Waals surface area contributed by atoms with Crippen LogP contribution in [0.25, 0.3) is 0 Å². The van der Waals surface area contributed by atoms with Crippen molar-refractivity contribution in [2.75, 3.05) is 18.3 Å². The van der Waals surface area contributed by atoms with Crippen molar-refractivity contribution in [3.05, 3.63) is 11.8 Å². The van der Waals surface area contributed by atoms with Gasteiger partial charge in [-0.25, -0.2) is 4.98 Å². The van der Waals surface area contributed by atoms with Crippen LogP contribution in [0.5, 0.6) is 5.88 Å². The first-order chi connectivity index (χ1) is 8.36. The fraction of sp³-hybridized carbons (Fsp3) is 0.692. The molecule has 0 aliphatic heterocycles. The Kier molecular flexibility index (Phi) is 5.20. The lowest BCUT2D eigenvalue weighted by Gasteiger charge is -2.31. The zero-order chi connectivity index (χ0) is 13.8. The maximum atomic E-state index is 5.85. The number of nitrogens with one attached hydrogen (secondary N) is 1. The van der Waals surface area contributed by atoms with E-state index in [1.54, 1.807) is 13.2 Å². The molecule has 5 heteroatoms. The molecule has 1 rings (SSSR count). The number of ether oxygens (including phenoxy) is 1. The van der Waals surface area contributed by atoms with E-state index in [0.717, 1.165) is 12.1 Å². The minimum atomic E-state index is 0.0925. The molecule has 1 atom stereocenters. The molecule has 1 heterocycles. The zero-order valence-electron chi connectivity index (χ0n) is 11.7. The summed E-state index contributed by atoms with van der Waals surface area (Å²) in [5.74, 6) is 1.78. The van der Waals surface area contributed by atoms with Gasteiger partial charge in [-0.1, -0.05) is 20.8 Å². The largest absolute Gasteiger partial charge is 0.481 e. The van der Waals surface area contributed by atoms with E-state index in [1.807, 2.05) is 6.92 Å². The molecule has 0 fully saturated rings. The van der Waals surface area contributed by atoms with E-state index in [1.165, 1.54) is 0 Å². The van der Waals surface area contributed by atoms with Crippen LogP contribution in [0.2, 0.25) is 0 Å². The second kappa shape index (κ2) is 6.23. The van der Waals surface area contributed by atoms with Crippen molar-refractivity contribution in [1.82, 2.24) is 9.97 Å². The van der Waals surface area contributed by atoms with Gasteiger partial charge in [0.15, 0.2) is 0 Å². The third kappa shape index (κ3) is 4.33. The standard InChI is InChI=1S/C13H22ClN3O/c1-9-8-11(18-5)17-12(15-9)16-10(6-7-14)13(2,3)4/h8,10H,6-7H2,1-5H3,(H,15,16,17). The number of halogens is 1. The summed E-state index contributed by atoms with van der Waals surface area (Å²) in [6.07, 6.45) is 0.866. The molecule has 0 radical (unpaired) electrons. The predicted molar refractivity (Wildman–Crippen MR) is 75.5 cm³/mol. The predicted octanol–water partition coefficient (Wildman–Crippen LogP) is 3.25. The number of aromatic nitrogens is 2. The van der Waals surface area contributed by atoms with Gasteiger partial charge >= 0.3 is 0 Å². The summed E-state index contributed by atoms with van der Waals surface area (Å²) in [6.45, 7) is 8.43. The van der Waals surface area contributed by atoms with Crippen LogP contribution in [0.15, 0.2) is 6.07 Å². The minimum Gasteiger partial charge on any atom is -0.481 e. The van der Waals surface area contributed by atoms with Crippen LogP contribution in [0.3, 0.4) is 0 Å². The smallest absolute Gasteiger partial charge is 0.226 e. The van der Waals surface area contributed by atoms with Gasteiger partial charge in [0.05, 0.1) is 7.11 Å². The number of rotatable bonds is 5. The monoisotopic (exact) mass is 271 g/mol. The second-order valence-corrected chi connectivity index (χ2v) is 5.79. The van der Waals surface area contributed by atoms with Crippen molar-refractivity contribution in [3.63, 3.8) is 0 Å². The molecule has 4 nitrogen and oxygen atoms in total. The SMILES string of the molecule is COc1cc(C)nc(NC(CCCl)C(C)(C)C)n1. The van der Waals surface area contributed by atoms with Crippen LogP contribution in [0.4, 0.5) is 5.95 Å². The first kappa shape index (κ1) is 15.0. The van der Waals surface area contributed by atoms with Gasteiger partial charge in [0.25, 0.3) is 0 Å². The third-order valence-corrected chi connectivity index (χ3v) is 3.00. The summed E-state index contributed by atoms with van der Waals surface area (Å²) in [4.78, 5) is 8.67. The first-order valence-corrected chi connectivity index (χ1v) is 6.62. The molecule has 0 aliphatic rings. The molecule has 0 bridgehead atoms. The Labute approximate surface area is 114 Å². The van der Waals surface area contributed by atoms with Gasteiger partial charge < -0.3 is 10.1 Å². The van der Waals surface area contributed by atoms with Crippen LogP contribution in [-0.4, -0.2) is 29.0 Å². The Morgan fingerprint density at radius 2 is 2.06 bits per heavy atom. The Morgan fingerprint density at radius 1 is 1.39 bits per heavy atom. The highest BCUT2D eigenvalue weighted by Gasteiger charge is 2.24. The van der Waals surface area contributed by atoms with Crippen molar-refractivity contribution in [2.24, 2.45) is 5.41 Å². The summed E-state index contributed by atoms with van der Waals surface area (Å²) in [7, 11) is 1.60. The van der Waals surface area contributed by atoms with Gasteiger partial charge in [0, 0.05) is 23.7 Å². The van der Waals surface area contributed by atoms with Crippen molar-refractivity contribution in [3.8, 4) is 5.88 Å². The molecule has 0 aromatic carbocycles. The lowest BCUT2D eigenvalue weighted by molar-refractivity contribution is 0.332. The van der Waals surface area contributed by atoms with Crippen LogP contribution in [0, 0.1) is 12.3 Å². The van der Waals surface area contributed by atoms with E-state index in [4.69, 9.17) is 16.3 Å². The van der Waals surface area contributed by atoms with Gasteiger partial charge in [-0.3, -0.25) is 0 Å². The van der Waals surface area contributed by atoms with Crippen molar-refractivity contribution >= 4 is 17.5 Å². The highest BCUT2D eigenvalue weighted by atomic mass is 35.5. The fourth-order valence-electron chi connectivity index (χ4n) is 1.70. The zero-order valence-corrected chi connectivity index (χ0v) is 12.5. The molecule has 1 unspecified atom stereocenters. The van der Waals surface area contributed by atoms with Crippen LogP contribution < -0.4 is 10.1 Å². The van der Waals surface area contributed by atoms with E-state index in [9.17, 15) is 0 Å². The Bertz CT molecular complexity index is 390. The van der Waals surface area contributed by atoms with E-state index in [0.29, 0.717) is 17.7 Å². The lowest BCUT2D eigenvalue weighted by Crippen LogP contribution is -2.35. The summed E-state index contributed by atoms with van der Waals surface area (Å²) in [5, 5.41) is 3.35. The number of alkyl halides is 1. The van der Waals surface area contributed by atoms with Gasteiger partial charge in [0.2, 0.25) is 11.8 Å². The van der Waals surface area contributed by atoms with Gasteiger partial charge in [-0.2, -0.15) is 4.98 Å². The molecular formula is C13H22ClN3O. The van der Waals surface area contributed by atoms with Gasteiger partial charge in [0.1, 0.15) is 0 Å². The summed E-state index contributed by atoms with van der Waals surface area (Å²) in [5.41, 5.74) is 0.970. The first-order valence-electron chi connectivity index (χ1n) is 6.09. The third-order valence-electron chi connectivity index (χ3n) is 2.79. The molecule has 1 aromatic heterocycles. The minimum absolute atomic E-state index is 0.0925. The summed E-state index contributed by atoms with van der Waals surface area (Å²) < 4.78 is 5.15. The average molecular weight is 272 g/mol. The highest BCUT2D eigenvalue weighted by Crippen LogP contribution is 2.25. The molecule has 0 aliphatic carbocycles. The quantitative estimate of drug-likeness (QED) is 0.835. The van der Waals surface area contributed by atoms with E-state index in [-0.39, 0.29) is 11.5 Å². The Morgan fingerprint density at radius 3 is 2.56 bits per heavy atom. The molecule has 0 saturated heterocycles. The second-order valence-electron chi connectivity index (χ2n) is 5.42. The number of anilines is 1. The van der Waals surface area contributed by atoms with Crippen LogP contribution in [0.1, 0.15) is 32.9 Å². The molecule has 1 N–H and O–H groups in total. The molecule has 0 saturated carbocycles. The molecule has 18 heavy (non-hydrogen) atoms. The summed E-state index contributed by atoms with van der Waals surface area (Å²) >= 11 is 5.85. The Balaban J connectivity index is 2.90. The normalized spacial score (nSPS) is 13.2. The number of nitrogens with zero attached hydrogens (tertiary/aromatic N) is 2. The topological polar surface area (TPSA) is 47.0 Å². The maximum absolute atomic E-state index is 5.85. The van der Waals surface area contributed by atoms with E-state index >= 15 is 0 Å². The maximum Gasteiger partial charge on any atom is 0.226 e. The van der Waals surface area contributed by atoms with Crippen LogP contribution >= 0.6 is 11.6 Å². The molecule has 0 spiro atoms. The van der Waals surface area contributed by atoms with Gasteiger partial charge in [-0.05, 0) is 18.8 Å². The number of hydrogen-bond acceptors (Lipinski definition) is 4. The lowest BCUT2D eigenvalue weighted by atomic mass is 9.85. The van der Waals surface area contributed by atoms with Crippen molar-refractivity contribution in [2.45, 2.75) is 40.2 Å². The number of aryl methyl sites for hydroxylation is 1. The Hall–Kier alpha value is -1.03. The molecule has 102 valence electrons. The fourth-order valence-corrected chi connectivity index (χ4v) is 1.91. The summed E-state index contributed by atoms with van der Waals surface area (Å²) in [6, 6.07) is 2.03. The van der Waals surface area contributed by atoms with Crippen LogP contribution in [-0.2, 0) is 0 Å².